The standard InChI is InChI=1S/C20H18Cl2N2O4/c1-12-4-2-3-5-17(12)24-10-13(8-19(24)26)20(27)28-11-18(25)23-14-6-7-15(21)16(22)9-14/h2-7,9,13H,8,10-11H2,1H3,(H,23,25)/t13-/m1/s1. The molecule has 1 aliphatic heterocycles. The number of hydrogen-bond donors (Lipinski definition) is 1. The summed E-state index contributed by atoms with van der Waals surface area (Å²) >= 11 is 11.7. The fourth-order valence-corrected chi connectivity index (χ4v) is 3.29. The number of carbonyl (C=O) groups excluding carboxylic acids is 3. The van der Waals surface area contributed by atoms with Gasteiger partial charge < -0.3 is 15.0 Å². The zero-order valence-electron chi connectivity index (χ0n) is 15.1. The highest BCUT2D eigenvalue weighted by atomic mass is 35.5. The molecule has 1 fully saturated rings. The minimum atomic E-state index is -0.607. The average molecular weight is 421 g/mol. The number of amides is 2. The van der Waals surface area contributed by atoms with Crippen LogP contribution in [0.15, 0.2) is 42.5 Å². The van der Waals surface area contributed by atoms with Gasteiger partial charge in [-0.15, -0.1) is 0 Å². The maximum atomic E-state index is 12.3. The molecule has 0 aromatic heterocycles. The van der Waals surface area contributed by atoms with E-state index in [0.29, 0.717) is 15.7 Å². The third-order valence-electron chi connectivity index (χ3n) is 4.41. The number of halogens is 2. The van der Waals surface area contributed by atoms with E-state index in [1.807, 2.05) is 31.2 Å². The summed E-state index contributed by atoms with van der Waals surface area (Å²) in [6.07, 6.45) is 0.0571. The summed E-state index contributed by atoms with van der Waals surface area (Å²) in [5.74, 6) is -1.83. The van der Waals surface area contributed by atoms with E-state index in [1.165, 1.54) is 6.07 Å². The van der Waals surface area contributed by atoms with E-state index in [-0.39, 0.29) is 18.9 Å². The molecule has 1 heterocycles. The first kappa shape index (κ1) is 20.2. The zero-order chi connectivity index (χ0) is 20.3. The van der Waals surface area contributed by atoms with E-state index in [1.54, 1.807) is 17.0 Å². The molecule has 0 saturated carbocycles. The lowest BCUT2D eigenvalue weighted by Gasteiger charge is -2.18. The fraction of sp³-hybridized carbons (Fsp3) is 0.250. The number of rotatable bonds is 5. The van der Waals surface area contributed by atoms with Gasteiger partial charge in [-0.2, -0.15) is 0 Å². The lowest BCUT2D eigenvalue weighted by molar-refractivity contribution is -0.151. The maximum absolute atomic E-state index is 12.3. The molecule has 0 aliphatic carbocycles. The van der Waals surface area contributed by atoms with E-state index in [2.05, 4.69) is 5.32 Å². The number of hydrogen-bond acceptors (Lipinski definition) is 4. The van der Waals surface area contributed by atoms with Crippen molar-refractivity contribution in [3.05, 3.63) is 58.1 Å². The topological polar surface area (TPSA) is 75.7 Å². The number of nitrogens with one attached hydrogen (secondary N) is 1. The van der Waals surface area contributed by atoms with E-state index in [9.17, 15) is 14.4 Å². The van der Waals surface area contributed by atoms with Crippen LogP contribution < -0.4 is 10.2 Å². The molecule has 0 spiro atoms. The van der Waals surface area contributed by atoms with Crippen molar-refractivity contribution in [2.24, 2.45) is 5.92 Å². The first-order chi connectivity index (χ1) is 13.3. The van der Waals surface area contributed by atoms with Gasteiger partial charge in [0.2, 0.25) is 5.91 Å². The van der Waals surface area contributed by atoms with Crippen LogP contribution in [0.3, 0.4) is 0 Å². The normalized spacial score (nSPS) is 16.2. The molecule has 1 atom stereocenters. The molecular formula is C20H18Cl2N2O4. The summed E-state index contributed by atoms with van der Waals surface area (Å²) in [6, 6.07) is 12.1. The quantitative estimate of drug-likeness (QED) is 0.745. The lowest BCUT2D eigenvalue weighted by atomic mass is 10.1. The van der Waals surface area contributed by atoms with Gasteiger partial charge in [-0.3, -0.25) is 14.4 Å². The van der Waals surface area contributed by atoms with Gasteiger partial charge in [0.25, 0.3) is 5.91 Å². The monoisotopic (exact) mass is 420 g/mol. The first-order valence-corrected chi connectivity index (χ1v) is 9.38. The molecule has 8 heteroatoms. The van der Waals surface area contributed by atoms with Crippen molar-refractivity contribution in [2.45, 2.75) is 13.3 Å². The van der Waals surface area contributed by atoms with Gasteiger partial charge in [0.15, 0.2) is 6.61 Å². The fourth-order valence-electron chi connectivity index (χ4n) is 2.99. The molecular weight excluding hydrogens is 403 g/mol. The van der Waals surface area contributed by atoms with Crippen molar-refractivity contribution in [2.75, 3.05) is 23.4 Å². The highest BCUT2D eigenvalue weighted by Crippen LogP contribution is 2.28. The second-order valence-electron chi connectivity index (χ2n) is 6.48. The van der Waals surface area contributed by atoms with E-state index < -0.39 is 24.4 Å². The van der Waals surface area contributed by atoms with Crippen molar-refractivity contribution in [1.29, 1.82) is 0 Å². The van der Waals surface area contributed by atoms with Crippen LogP contribution in [0.1, 0.15) is 12.0 Å². The van der Waals surface area contributed by atoms with Gasteiger partial charge >= 0.3 is 5.97 Å². The Kier molecular flexibility index (Phi) is 6.21. The van der Waals surface area contributed by atoms with E-state index >= 15 is 0 Å². The Hall–Kier alpha value is -2.57. The molecule has 0 unspecified atom stereocenters. The number of ether oxygens (including phenoxy) is 1. The molecule has 6 nitrogen and oxygen atoms in total. The van der Waals surface area contributed by atoms with Gasteiger partial charge in [0.1, 0.15) is 0 Å². The predicted octanol–water partition coefficient (Wildman–Crippen LogP) is 3.84. The Balaban J connectivity index is 1.54. The zero-order valence-corrected chi connectivity index (χ0v) is 16.6. The SMILES string of the molecule is Cc1ccccc1N1C[C@H](C(=O)OCC(=O)Nc2ccc(Cl)c(Cl)c2)CC1=O. The summed E-state index contributed by atoms with van der Waals surface area (Å²) in [7, 11) is 0. The van der Waals surface area contributed by atoms with Crippen LogP contribution in [0.5, 0.6) is 0 Å². The van der Waals surface area contributed by atoms with Gasteiger partial charge in [-0.1, -0.05) is 41.4 Å². The minimum Gasteiger partial charge on any atom is -0.455 e. The predicted molar refractivity (Wildman–Crippen MR) is 108 cm³/mol. The Labute approximate surface area is 172 Å². The van der Waals surface area contributed by atoms with Gasteiger partial charge in [-0.25, -0.2) is 0 Å². The number of aryl methyl sites for hydroxylation is 1. The summed E-state index contributed by atoms with van der Waals surface area (Å²) in [5.41, 5.74) is 2.17. The molecule has 28 heavy (non-hydrogen) atoms. The smallest absolute Gasteiger partial charge is 0.311 e. The third-order valence-corrected chi connectivity index (χ3v) is 5.15. The highest BCUT2D eigenvalue weighted by Gasteiger charge is 2.36. The van der Waals surface area contributed by atoms with Crippen molar-refractivity contribution < 1.29 is 19.1 Å². The molecule has 0 bridgehead atoms. The lowest BCUT2D eigenvalue weighted by Crippen LogP contribution is -2.28. The Morgan fingerprint density at radius 1 is 1.18 bits per heavy atom. The van der Waals surface area contributed by atoms with Crippen molar-refractivity contribution in [3.8, 4) is 0 Å². The number of para-hydroxylation sites is 1. The second-order valence-corrected chi connectivity index (χ2v) is 7.29. The summed E-state index contributed by atoms with van der Waals surface area (Å²) < 4.78 is 5.09. The average Bonchev–Trinajstić information content (AvgIpc) is 3.05. The number of anilines is 2. The van der Waals surface area contributed by atoms with Crippen molar-refractivity contribution in [3.63, 3.8) is 0 Å². The van der Waals surface area contributed by atoms with Crippen LogP contribution in [-0.2, 0) is 19.1 Å². The molecule has 3 rings (SSSR count). The molecule has 2 aromatic rings. The largest absolute Gasteiger partial charge is 0.455 e. The van der Waals surface area contributed by atoms with Crippen LogP contribution in [0.2, 0.25) is 10.0 Å². The Morgan fingerprint density at radius 3 is 2.64 bits per heavy atom. The van der Waals surface area contributed by atoms with Crippen LogP contribution in [0, 0.1) is 12.8 Å². The Bertz CT molecular complexity index is 932. The second kappa shape index (κ2) is 8.63. The first-order valence-electron chi connectivity index (χ1n) is 8.62. The summed E-state index contributed by atoms with van der Waals surface area (Å²) in [4.78, 5) is 38.1. The number of benzene rings is 2. The number of carbonyl (C=O) groups is 3. The van der Waals surface area contributed by atoms with Crippen molar-refractivity contribution >= 4 is 52.4 Å². The highest BCUT2D eigenvalue weighted by molar-refractivity contribution is 6.42. The maximum Gasteiger partial charge on any atom is 0.311 e. The van der Waals surface area contributed by atoms with Crippen LogP contribution in [-0.4, -0.2) is 30.9 Å². The van der Waals surface area contributed by atoms with E-state index in [4.69, 9.17) is 27.9 Å². The van der Waals surface area contributed by atoms with Crippen LogP contribution in [0.25, 0.3) is 0 Å². The number of esters is 1. The van der Waals surface area contributed by atoms with Crippen LogP contribution >= 0.6 is 23.2 Å². The molecule has 1 N–H and O–H groups in total. The third kappa shape index (κ3) is 4.64. The van der Waals surface area contributed by atoms with E-state index in [0.717, 1.165) is 11.3 Å². The van der Waals surface area contributed by atoms with Gasteiger partial charge in [0, 0.05) is 24.3 Å². The molecule has 146 valence electrons. The molecule has 0 radical (unpaired) electrons. The van der Waals surface area contributed by atoms with Gasteiger partial charge in [-0.05, 0) is 36.8 Å². The summed E-state index contributed by atoms with van der Waals surface area (Å²) in [6.45, 7) is 1.69. The number of nitrogens with zero attached hydrogens (tertiary/aromatic N) is 1. The summed E-state index contributed by atoms with van der Waals surface area (Å²) in [5, 5.41) is 3.24. The van der Waals surface area contributed by atoms with Gasteiger partial charge in [0.05, 0.1) is 16.0 Å². The molecule has 1 saturated heterocycles. The minimum absolute atomic E-state index is 0.0571. The van der Waals surface area contributed by atoms with Crippen LogP contribution in [0.4, 0.5) is 11.4 Å². The molecule has 2 aromatic carbocycles. The van der Waals surface area contributed by atoms with Crippen molar-refractivity contribution in [1.82, 2.24) is 0 Å². The Morgan fingerprint density at radius 2 is 1.93 bits per heavy atom. The molecule has 2 amide bonds. The molecule has 1 aliphatic rings.